The average Bonchev–Trinajstić information content (AvgIpc) is 2.53. The molecule has 0 rings (SSSR count). The number of carbonyl (C=O) groups is 1. The van der Waals surface area contributed by atoms with Gasteiger partial charge in [0.25, 0.3) is 0 Å². The monoisotopic (exact) mass is 358 g/mol. The molecule has 0 aromatic heterocycles. The summed E-state index contributed by atoms with van der Waals surface area (Å²) < 4.78 is 0. The molecular formula is C20H31NaO4. The first-order valence-electron chi connectivity index (χ1n) is 8.78. The molecule has 0 heterocycles. The minimum atomic E-state index is -1.09. The Bertz CT molecular complexity index is 427. The number of aliphatic hydroxyl groups excluding tert-OH is 2. The van der Waals surface area contributed by atoms with Gasteiger partial charge in [0.05, 0.1) is 12.2 Å². The second kappa shape index (κ2) is 19.7. The number of hydrogen-bond acceptors (Lipinski definition) is 4. The van der Waals surface area contributed by atoms with E-state index in [9.17, 15) is 20.1 Å². The first-order valence-corrected chi connectivity index (χ1v) is 8.78. The number of rotatable bonds is 14. The van der Waals surface area contributed by atoms with Gasteiger partial charge in [0.15, 0.2) is 0 Å². The number of unbranched alkanes of at least 4 members (excludes halogenated alkanes) is 3. The molecule has 5 heteroatoms. The van der Waals surface area contributed by atoms with E-state index in [0.717, 1.165) is 6.42 Å². The smallest absolute Gasteiger partial charge is 0.550 e. The Hall–Kier alpha value is -0.650. The van der Waals surface area contributed by atoms with E-state index in [0.29, 0.717) is 19.3 Å². The van der Waals surface area contributed by atoms with Crippen LogP contribution in [0.5, 0.6) is 0 Å². The molecule has 0 amide bonds. The minimum Gasteiger partial charge on any atom is -0.550 e. The SMILES string of the molecule is CCCCC/C=C\C[C@@H](O)/C=C/C=C/C=C\[C@@H](O)CCCC(=O)[O-].[Na+]. The van der Waals surface area contributed by atoms with Crippen LogP contribution in [0, 0.1) is 0 Å². The van der Waals surface area contributed by atoms with Gasteiger partial charge in [-0.1, -0.05) is 68.4 Å². The number of carbonyl (C=O) groups excluding carboxylic acids is 1. The van der Waals surface area contributed by atoms with Crippen LogP contribution in [0.3, 0.4) is 0 Å². The molecule has 0 aromatic rings. The minimum absolute atomic E-state index is 0. The fourth-order valence-electron chi connectivity index (χ4n) is 2.01. The summed E-state index contributed by atoms with van der Waals surface area (Å²) in [5.74, 6) is -1.09. The topological polar surface area (TPSA) is 80.6 Å². The first kappa shape index (κ1) is 26.6. The van der Waals surface area contributed by atoms with Crippen LogP contribution >= 0.6 is 0 Å². The number of hydrogen-bond donors (Lipinski definition) is 2. The van der Waals surface area contributed by atoms with Gasteiger partial charge in [-0.05, 0) is 38.5 Å². The van der Waals surface area contributed by atoms with Crippen molar-refractivity contribution in [2.24, 2.45) is 0 Å². The predicted molar refractivity (Wildman–Crippen MR) is 96.2 cm³/mol. The van der Waals surface area contributed by atoms with E-state index in [-0.39, 0.29) is 36.0 Å². The summed E-state index contributed by atoms with van der Waals surface area (Å²) in [7, 11) is 0. The maximum atomic E-state index is 10.2. The molecule has 25 heavy (non-hydrogen) atoms. The molecule has 0 bridgehead atoms. The van der Waals surface area contributed by atoms with Crippen molar-refractivity contribution in [2.75, 3.05) is 0 Å². The largest absolute Gasteiger partial charge is 1.00 e. The van der Waals surface area contributed by atoms with E-state index in [1.807, 2.05) is 6.08 Å². The van der Waals surface area contributed by atoms with Crippen LogP contribution in [-0.2, 0) is 4.79 Å². The molecular weight excluding hydrogens is 327 g/mol. The predicted octanol–water partition coefficient (Wildman–Crippen LogP) is -0.172. The fraction of sp³-hybridized carbons (Fsp3) is 0.550. The Balaban J connectivity index is 0. The van der Waals surface area contributed by atoms with Crippen LogP contribution in [-0.4, -0.2) is 28.4 Å². The van der Waals surface area contributed by atoms with Crippen molar-refractivity contribution in [1.82, 2.24) is 0 Å². The summed E-state index contributed by atoms with van der Waals surface area (Å²) in [4.78, 5) is 10.2. The molecule has 4 nitrogen and oxygen atoms in total. The Morgan fingerprint density at radius 1 is 0.960 bits per heavy atom. The molecule has 0 aromatic carbocycles. The van der Waals surface area contributed by atoms with E-state index in [1.165, 1.54) is 19.3 Å². The van der Waals surface area contributed by atoms with Crippen molar-refractivity contribution in [2.45, 2.75) is 70.5 Å². The van der Waals surface area contributed by atoms with Crippen LogP contribution in [0.4, 0.5) is 0 Å². The molecule has 0 fully saturated rings. The second-order valence-corrected chi connectivity index (χ2v) is 5.76. The van der Waals surface area contributed by atoms with Crippen molar-refractivity contribution in [3.8, 4) is 0 Å². The molecule has 0 aliphatic rings. The molecule has 0 radical (unpaired) electrons. The summed E-state index contributed by atoms with van der Waals surface area (Å²) in [6, 6.07) is 0. The van der Waals surface area contributed by atoms with E-state index in [1.54, 1.807) is 36.5 Å². The maximum Gasteiger partial charge on any atom is 1.00 e. The zero-order chi connectivity index (χ0) is 18.0. The molecule has 0 saturated carbocycles. The van der Waals surface area contributed by atoms with Gasteiger partial charge in [0.2, 0.25) is 0 Å². The van der Waals surface area contributed by atoms with E-state index in [2.05, 4.69) is 13.0 Å². The molecule has 2 atom stereocenters. The van der Waals surface area contributed by atoms with Crippen LogP contribution < -0.4 is 34.7 Å². The van der Waals surface area contributed by atoms with E-state index < -0.39 is 18.2 Å². The van der Waals surface area contributed by atoms with Gasteiger partial charge in [-0.2, -0.15) is 0 Å². The van der Waals surface area contributed by atoms with Gasteiger partial charge < -0.3 is 20.1 Å². The van der Waals surface area contributed by atoms with Gasteiger partial charge in [-0.15, -0.1) is 0 Å². The average molecular weight is 358 g/mol. The van der Waals surface area contributed by atoms with Crippen LogP contribution in [0.1, 0.15) is 58.3 Å². The summed E-state index contributed by atoms with van der Waals surface area (Å²) in [5, 5.41) is 29.6. The molecule has 136 valence electrons. The van der Waals surface area contributed by atoms with Crippen LogP contribution in [0.25, 0.3) is 0 Å². The first-order chi connectivity index (χ1) is 11.6. The Kier molecular flexibility index (Phi) is 20.9. The van der Waals surface area contributed by atoms with Crippen molar-refractivity contribution >= 4 is 5.97 Å². The van der Waals surface area contributed by atoms with Gasteiger partial charge in [0.1, 0.15) is 0 Å². The van der Waals surface area contributed by atoms with Crippen LogP contribution in [0.15, 0.2) is 48.6 Å². The Labute approximate surface area is 174 Å². The van der Waals surface area contributed by atoms with Crippen LogP contribution in [0.2, 0.25) is 0 Å². The molecule has 0 spiro atoms. The van der Waals surface area contributed by atoms with Crippen molar-refractivity contribution in [3.05, 3.63) is 48.6 Å². The summed E-state index contributed by atoms with van der Waals surface area (Å²) in [5.41, 5.74) is 0. The maximum absolute atomic E-state index is 10.2. The van der Waals surface area contributed by atoms with E-state index >= 15 is 0 Å². The van der Waals surface area contributed by atoms with Crippen molar-refractivity contribution < 1.29 is 49.7 Å². The number of allylic oxidation sites excluding steroid dienone is 5. The number of aliphatic hydroxyl groups is 2. The molecule has 0 aliphatic carbocycles. The summed E-state index contributed by atoms with van der Waals surface area (Å²) in [6.45, 7) is 2.18. The third-order valence-corrected chi connectivity index (χ3v) is 3.40. The van der Waals surface area contributed by atoms with E-state index in [4.69, 9.17) is 0 Å². The zero-order valence-corrected chi connectivity index (χ0v) is 17.6. The normalized spacial score (nSPS) is 14.5. The summed E-state index contributed by atoms with van der Waals surface area (Å²) in [6.07, 6.45) is 19.4. The molecule has 0 saturated heterocycles. The standard InChI is InChI=1S/C20H32O4.Na/c1-2-3-4-5-6-9-13-18(21)14-10-7-8-11-15-19(22)16-12-17-20(23)24;/h6-11,14-15,18-19,21-22H,2-5,12-13,16-17H2,1H3,(H,23,24);/q;+1/p-1/b8-7+,9-6-,14-10+,15-11-;/t18-,19-;/m1./s1. The summed E-state index contributed by atoms with van der Waals surface area (Å²) >= 11 is 0. The molecule has 0 unspecified atom stereocenters. The third kappa shape index (κ3) is 21.3. The third-order valence-electron chi connectivity index (χ3n) is 3.40. The Morgan fingerprint density at radius 3 is 2.20 bits per heavy atom. The number of carboxylic acids is 1. The van der Waals surface area contributed by atoms with Crippen molar-refractivity contribution in [1.29, 1.82) is 0 Å². The zero-order valence-electron chi connectivity index (χ0n) is 15.6. The molecule has 2 N–H and O–H groups in total. The van der Waals surface area contributed by atoms with Gasteiger partial charge in [0, 0.05) is 5.97 Å². The van der Waals surface area contributed by atoms with Gasteiger partial charge in [-0.3, -0.25) is 0 Å². The van der Waals surface area contributed by atoms with Crippen molar-refractivity contribution in [3.63, 3.8) is 0 Å². The van der Waals surface area contributed by atoms with Gasteiger partial charge in [-0.25, -0.2) is 0 Å². The Morgan fingerprint density at radius 2 is 1.60 bits per heavy atom. The van der Waals surface area contributed by atoms with Gasteiger partial charge >= 0.3 is 29.6 Å². The second-order valence-electron chi connectivity index (χ2n) is 5.76. The molecule has 0 aliphatic heterocycles. The number of carboxylic acid groups (broad SMARTS) is 1. The number of aliphatic carboxylic acids is 1. The quantitative estimate of drug-likeness (QED) is 0.196. The fourth-order valence-corrected chi connectivity index (χ4v) is 2.01.